The van der Waals surface area contributed by atoms with Crippen LogP contribution in [0.1, 0.15) is 39.4 Å². The van der Waals surface area contributed by atoms with Gasteiger partial charge in [0.1, 0.15) is 18.1 Å². The fourth-order valence-electron chi connectivity index (χ4n) is 3.92. The van der Waals surface area contributed by atoms with Gasteiger partial charge >= 0.3 is 0 Å². The predicted molar refractivity (Wildman–Crippen MR) is 135 cm³/mol. The van der Waals surface area contributed by atoms with Crippen LogP contribution in [0.4, 0.5) is 5.69 Å². The van der Waals surface area contributed by atoms with Gasteiger partial charge in [-0.3, -0.25) is 14.5 Å². The van der Waals surface area contributed by atoms with Crippen molar-refractivity contribution in [2.24, 2.45) is 0 Å². The van der Waals surface area contributed by atoms with Gasteiger partial charge in [0.15, 0.2) is 0 Å². The van der Waals surface area contributed by atoms with Gasteiger partial charge in [0.05, 0.1) is 24.5 Å². The SMILES string of the molecule is Cc1noc(C)c1COc1ccc(C(=O)NCc2cccc(NC(=O)CCN3CCOCC3)c2)cc1. The molecule has 9 nitrogen and oxygen atoms in total. The average molecular weight is 493 g/mol. The zero-order valence-corrected chi connectivity index (χ0v) is 20.7. The quantitative estimate of drug-likeness (QED) is 0.446. The highest BCUT2D eigenvalue weighted by molar-refractivity contribution is 5.94. The van der Waals surface area contributed by atoms with Crippen LogP contribution in [0.15, 0.2) is 53.1 Å². The Labute approximate surface area is 210 Å². The van der Waals surface area contributed by atoms with Gasteiger partial charge in [-0.25, -0.2) is 0 Å². The minimum atomic E-state index is -0.188. The van der Waals surface area contributed by atoms with Crippen molar-refractivity contribution < 1.29 is 23.6 Å². The number of ether oxygens (including phenoxy) is 2. The Bertz CT molecular complexity index is 1150. The maximum absolute atomic E-state index is 12.6. The van der Waals surface area contributed by atoms with E-state index < -0.39 is 0 Å². The van der Waals surface area contributed by atoms with E-state index >= 15 is 0 Å². The second-order valence-corrected chi connectivity index (χ2v) is 8.75. The molecule has 0 bridgehead atoms. The van der Waals surface area contributed by atoms with Gasteiger partial charge in [0.2, 0.25) is 5.91 Å². The second kappa shape index (κ2) is 12.3. The first kappa shape index (κ1) is 25.4. The van der Waals surface area contributed by atoms with Crippen molar-refractivity contribution in [2.45, 2.75) is 33.4 Å². The van der Waals surface area contributed by atoms with Crippen molar-refractivity contribution in [3.63, 3.8) is 0 Å². The molecule has 3 aromatic rings. The van der Waals surface area contributed by atoms with Crippen LogP contribution in [0.5, 0.6) is 5.75 Å². The third-order valence-corrected chi connectivity index (χ3v) is 6.10. The van der Waals surface area contributed by atoms with E-state index in [1.807, 2.05) is 38.1 Å². The van der Waals surface area contributed by atoms with Gasteiger partial charge in [-0.2, -0.15) is 0 Å². The molecule has 0 radical (unpaired) electrons. The van der Waals surface area contributed by atoms with E-state index in [-0.39, 0.29) is 11.8 Å². The molecule has 2 heterocycles. The number of anilines is 1. The highest BCUT2D eigenvalue weighted by Crippen LogP contribution is 2.18. The first-order chi connectivity index (χ1) is 17.5. The van der Waals surface area contributed by atoms with Crippen LogP contribution in [0, 0.1) is 13.8 Å². The molecular formula is C27H32N4O5. The molecule has 0 atom stereocenters. The molecule has 9 heteroatoms. The summed E-state index contributed by atoms with van der Waals surface area (Å²) in [5.41, 5.74) is 3.88. The number of aromatic nitrogens is 1. The Morgan fingerprint density at radius 3 is 2.58 bits per heavy atom. The third kappa shape index (κ3) is 7.16. The fourth-order valence-corrected chi connectivity index (χ4v) is 3.92. The monoisotopic (exact) mass is 492 g/mol. The smallest absolute Gasteiger partial charge is 0.251 e. The number of amides is 2. The Kier molecular flexibility index (Phi) is 8.70. The number of hydrogen-bond acceptors (Lipinski definition) is 7. The Morgan fingerprint density at radius 2 is 1.86 bits per heavy atom. The number of morpholine rings is 1. The molecule has 1 aromatic heterocycles. The zero-order chi connectivity index (χ0) is 25.3. The van der Waals surface area contributed by atoms with Gasteiger partial charge in [-0.1, -0.05) is 17.3 Å². The summed E-state index contributed by atoms with van der Waals surface area (Å²) in [7, 11) is 0. The summed E-state index contributed by atoms with van der Waals surface area (Å²) in [4.78, 5) is 27.2. The Hall–Kier alpha value is -3.69. The molecule has 2 N–H and O–H groups in total. The van der Waals surface area contributed by atoms with Gasteiger partial charge < -0.3 is 24.6 Å². The fraction of sp³-hybridized carbons (Fsp3) is 0.370. The zero-order valence-electron chi connectivity index (χ0n) is 20.7. The van der Waals surface area contributed by atoms with Gasteiger partial charge in [-0.05, 0) is 55.8 Å². The number of carbonyl (C=O) groups excluding carboxylic acids is 2. The average Bonchev–Trinajstić information content (AvgIpc) is 3.22. The normalized spacial score (nSPS) is 13.8. The number of benzene rings is 2. The van der Waals surface area contributed by atoms with Crippen LogP contribution in [0.3, 0.4) is 0 Å². The van der Waals surface area contributed by atoms with Crippen molar-refractivity contribution in [2.75, 3.05) is 38.2 Å². The van der Waals surface area contributed by atoms with E-state index in [1.165, 1.54) is 0 Å². The summed E-state index contributed by atoms with van der Waals surface area (Å²) < 4.78 is 16.3. The van der Waals surface area contributed by atoms with E-state index in [9.17, 15) is 9.59 Å². The number of aryl methyl sites for hydroxylation is 2. The number of carbonyl (C=O) groups is 2. The molecule has 2 amide bonds. The maximum Gasteiger partial charge on any atom is 0.251 e. The lowest BCUT2D eigenvalue weighted by molar-refractivity contribution is -0.116. The number of rotatable bonds is 10. The molecular weight excluding hydrogens is 460 g/mol. The van der Waals surface area contributed by atoms with Crippen LogP contribution in [0.25, 0.3) is 0 Å². The van der Waals surface area contributed by atoms with Crippen LogP contribution in [0.2, 0.25) is 0 Å². The molecule has 36 heavy (non-hydrogen) atoms. The third-order valence-electron chi connectivity index (χ3n) is 6.10. The van der Waals surface area contributed by atoms with Gasteiger partial charge in [-0.15, -0.1) is 0 Å². The molecule has 0 unspecified atom stereocenters. The highest BCUT2D eigenvalue weighted by atomic mass is 16.5. The highest BCUT2D eigenvalue weighted by Gasteiger charge is 2.13. The Morgan fingerprint density at radius 1 is 1.08 bits per heavy atom. The van der Waals surface area contributed by atoms with E-state index in [4.69, 9.17) is 14.0 Å². The summed E-state index contributed by atoms with van der Waals surface area (Å²) in [6.45, 7) is 8.30. The first-order valence-electron chi connectivity index (χ1n) is 12.1. The first-order valence-corrected chi connectivity index (χ1v) is 12.1. The summed E-state index contributed by atoms with van der Waals surface area (Å²) in [5.74, 6) is 1.18. The van der Waals surface area contributed by atoms with Crippen molar-refractivity contribution in [1.29, 1.82) is 0 Å². The van der Waals surface area contributed by atoms with Crippen molar-refractivity contribution >= 4 is 17.5 Å². The van der Waals surface area contributed by atoms with Gasteiger partial charge in [0.25, 0.3) is 5.91 Å². The number of hydrogen-bond donors (Lipinski definition) is 2. The van der Waals surface area contributed by atoms with Crippen LogP contribution >= 0.6 is 0 Å². The van der Waals surface area contributed by atoms with Gasteiger partial charge in [0, 0.05) is 43.9 Å². The molecule has 0 saturated carbocycles. The lowest BCUT2D eigenvalue weighted by atomic mass is 10.1. The molecule has 0 aliphatic carbocycles. The van der Waals surface area contributed by atoms with Crippen LogP contribution in [-0.2, 0) is 22.7 Å². The number of nitrogens with zero attached hydrogens (tertiary/aromatic N) is 2. The van der Waals surface area contributed by atoms with Crippen molar-refractivity contribution in [1.82, 2.24) is 15.4 Å². The van der Waals surface area contributed by atoms with E-state index in [0.29, 0.717) is 43.1 Å². The van der Waals surface area contributed by atoms with E-state index in [0.717, 1.165) is 48.9 Å². The second-order valence-electron chi connectivity index (χ2n) is 8.75. The summed E-state index contributed by atoms with van der Waals surface area (Å²) >= 11 is 0. The molecule has 1 fully saturated rings. The standard InChI is InChI=1S/C27H32N4O5/c1-19-25(20(2)36-30-19)18-35-24-8-6-22(7-9-24)27(33)28-17-21-4-3-5-23(16-21)29-26(32)10-11-31-12-14-34-15-13-31/h3-9,16H,10-15,17-18H2,1-2H3,(H,28,33)(H,29,32). The predicted octanol–water partition coefficient (Wildman–Crippen LogP) is 3.46. The molecule has 1 aliphatic rings. The van der Waals surface area contributed by atoms with Crippen molar-refractivity contribution in [3.8, 4) is 5.75 Å². The van der Waals surface area contributed by atoms with E-state index in [2.05, 4.69) is 20.7 Å². The topological polar surface area (TPSA) is 106 Å². The van der Waals surface area contributed by atoms with Crippen LogP contribution < -0.4 is 15.4 Å². The maximum atomic E-state index is 12.6. The van der Waals surface area contributed by atoms with Crippen molar-refractivity contribution in [3.05, 3.63) is 76.7 Å². The lowest BCUT2D eigenvalue weighted by Crippen LogP contribution is -2.38. The van der Waals surface area contributed by atoms with E-state index in [1.54, 1.807) is 24.3 Å². The summed E-state index contributed by atoms with van der Waals surface area (Å²) in [6, 6.07) is 14.5. The molecule has 190 valence electrons. The molecule has 1 aliphatic heterocycles. The molecule has 0 spiro atoms. The summed E-state index contributed by atoms with van der Waals surface area (Å²) in [5, 5.41) is 9.79. The molecule has 2 aromatic carbocycles. The number of nitrogens with one attached hydrogen (secondary N) is 2. The minimum Gasteiger partial charge on any atom is -0.489 e. The lowest BCUT2D eigenvalue weighted by Gasteiger charge is -2.26. The summed E-state index contributed by atoms with van der Waals surface area (Å²) in [6.07, 6.45) is 0.429. The largest absolute Gasteiger partial charge is 0.489 e. The molecule has 1 saturated heterocycles. The molecule has 4 rings (SSSR count). The Balaban J connectivity index is 1.23. The van der Waals surface area contributed by atoms with Crippen LogP contribution in [-0.4, -0.2) is 54.7 Å². The minimum absolute atomic E-state index is 0.0284.